The van der Waals surface area contributed by atoms with E-state index in [-0.39, 0.29) is 0 Å². The first-order valence-electron chi connectivity index (χ1n) is 3.08. The third kappa shape index (κ3) is 1.99. The number of methoxy groups -OCH3 is 2. The molecule has 0 N–H and O–H groups in total. The van der Waals surface area contributed by atoms with Gasteiger partial charge in [0.05, 0.1) is 0 Å². The predicted octanol–water partition coefficient (Wildman–Crippen LogP) is -0.107. The average Bonchev–Trinajstić information content (AvgIpc) is 2.05. The first-order chi connectivity index (χ1) is 5.27. The van der Waals surface area contributed by atoms with E-state index in [2.05, 4.69) is 4.98 Å². The number of pyridine rings is 1. The number of nitrogens with zero attached hydrogens (tertiary/aromatic N) is 1. The molecule has 0 atom stereocenters. The van der Waals surface area contributed by atoms with Gasteiger partial charge in [0.1, 0.15) is 0 Å². The molecule has 0 aliphatic carbocycles. The summed E-state index contributed by atoms with van der Waals surface area (Å²) in [6.45, 7) is 0. The van der Waals surface area contributed by atoms with Crippen molar-refractivity contribution in [1.29, 1.82) is 0 Å². The van der Waals surface area contributed by atoms with Crippen LogP contribution in [0.1, 0.15) is 0 Å². The summed E-state index contributed by atoms with van der Waals surface area (Å²) in [6.07, 6.45) is 0. The van der Waals surface area contributed by atoms with Crippen LogP contribution in [0.5, 0.6) is 11.8 Å². The van der Waals surface area contributed by atoms with E-state index in [9.17, 15) is 0 Å². The predicted molar refractivity (Wildman–Crippen MR) is 42.7 cm³/mol. The Morgan fingerprint density at radius 1 is 1.27 bits per heavy atom. The molecule has 0 unspecified atom stereocenters. The van der Waals surface area contributed by atoms with Crippen molar-refractivity contribution >= 4 is 26.1 Å². The Kier molecular flexibility index (Phi) is 2.99. The monoisotopic (exact) mass is 258 g/mol. The zero-order chi connectivity index (χ0) is 8.27. The van der Waals surface area contributed by atoms with Crippen LogP contribution in [0.2, 0.25) is 0 Å². The van der Waals surface area contributed by atoms with Crippen molar-refractivity contribution in [2.75, 3.05) is 14.2 Å². The van der Waals surface area contributed by atoms with Gasteiger partial charge >= 0.3 is 78.7 Å². The topological polar surface area (TPSA) is 31.4 Å². The quantitative estimate of drug-likeness (QED) is 0.693. The number of aromatic nitrogens is 1. The van der Waals surface area contributed by atoms with Crippen LogP contribution in [-0.2, 0) is 0 Å². The molecule has 57 valence electrons. The fraction of sp³-hybridized carbons (Fsp3) is 0.286. The molecule has 0 aromatic carbocycles. The Bertz CT molecular complexity index is 252. The van der Waals surface area contributed by atoms with Crippen LogP contribution in [0.4, 0.5) is 0 Å². The molecule has 0 amide bonds. The molecule has 4 heteroatoms. The SMILES string of the molecule is COc1cc[c]([Sn])c(OC)n1. The fourth-order valence-electron chi connectivity index (χ4n) is 0.693. The van der Waals surface area contributed by atoms with Crippen LogP contribution < -0.4 is 13.1 Å². The van der Waals surface area contributed by atoms with Crippen LogP contribution in [0, 0.1) is 0 Å². The molecule has 1 rings (SSSR count). The average molecular weight is 257 g/mol. The van der Waals surface area contributed by atoms with Crippen LogP contribution in [0.25, 0.3) is 0 Å². The molecule has 0 aliphatic rings. The minimum atomic E-state index is 0.591. The first-order valence-corrected chi connectivity index (χ1v) is 4.51. The summed E-state index contributed by atoms with van der Waals surface area (Å²) < 4.78 is 11.0. The van der Waals surface area contributed by atoms with E-state index >= 15 is 0 Å². The van der Waals surface area contributed by atoms with Gasteiger partial charge in [-0.3, -0.25) is 0 Å². The Labute approximate surface area is 78.8 Å². The number of hydrogen-bond acceptors (Lipinski definition) is 3. The molecule has 1 aromatic rings. The third-order valence-corrected chi connectivity index (χ3v) is 2.32. The van der Waals surface area contributed by atoms with Gasteiger partial charge in [0.2, 0.25) is 0 Å². The van der Waals surface area contributed by atoms with E-state index in [1.807, 2.05) is 12.1 Å². The van der Waals surface area contributed by atoms with Gasteiger partial charge in [-0.1, -0.05) is 0 Å². The molecule has 0 saturated heterocycles. The van der Waals surface area contributed by atoms with Crippen molar-refractivity contribution in [1.82, 2.24) is 4.98 Å². The molecule has 1 aromatic heterocycles. The summed E-state index contributed by atoms with van der Waals surface area (Å²) in [5.41, 5.74) is 0. The summed E-state index contributed by atoms with van der Waals surface area (Å²) in [5.74, 6) is 1.25. The van der Waals surface area contributed by atoms with E-state index in [1.54, 1.807) is 14.2 Å². The van der Waals surface area contributed by atoms with E-state index < -0.39 is 0 Å². The summed E-state index contributed by atoms with van der Waals surface area (Å²) in [7, 11) is 3.19. The zero-order valence-corrected chi connectivity index (χ0v) is 9.27. The van der Waals surface area contributed by atoms with Gasteiger partial charge in [-0.25, -0.2) is 0 Å². The van der Waals surface area contributed by atoms with Gasteiger partial charge in [-0.05, 0) is 0 Å². The van der Waals surface area contributed by atoms with Crippen molar-refractivity contribution in [3.8, 4) is 11.8 Å². The minimum absolute atomic E-state index is 0.591. The normalized spacial score (nSPS) is 9.36. The van der Waals surface area contributed by atoms with Crippen LogP contribution in [0.3, 0.4) is 0 Å². The standard InChI is InChI=1S/C7H8NO2.Sn/c1-9-6-4-3-5-7(8-6)10-2;/h3-4H,1-2H3;. The van der Waals surface area contributed by atoms with Gasteiger partial charge in [-0.2, -0.15) is 0 Å². The summed E-state index contributed by atoms with van der Waals surface area (Å²) >= 11 is 1.29. The fourth-order valence-corrected chi connectivity index (χ4v) is 1.38. The van der Waals surface area contributed by atoms with Crippen LogP contribution in [-0.4, -0.2) is 41.7 Å². The van der Waals surface area contributed by atoms with Crippen molar-refractivity contribution < 1.29 is 9.47 Å². The molecule has 0 saturated carbocycles. The Hall–Kier alpha value is -0.451. The van der Waals surface area contributed by atoms with E-state index in [1.165, 1.54) is 22.5 Å². The number of ether oxygens (including phenoxy) is 2. The molecule has 3 nitrogen and oxygen atoms in total. The number of hydrogen-bond donors (Lipinski definition) is 0. The molecule has 0 aliphatic heterocycles. The molecular weight excluding hydrogens is 249 g/mol. The van der Waals surface area contributed by atoms with E-state index in [0.717, 1.165) is 3.58 Å². The Morgan fingerprint density at radius 2 is 2.00 bits per heavy atom. The van der Waals surface area contributed by atoms with Crippen molar-refractivity contribution in [2.24, 2.45) is 0 Å². The molecule has 1 heterocycles. The van der Waals surface area contributed by atoms with Gasteiger partial charge in [0.25, 0.3) is 0 Å². The summed E-state index contributed by atoms with van der Waals surface area (Å²) in [4.78, 5) is 4.09. The second-order valence-electron chi connectivity index (χ2n) is 1.91. The van der Waals surface area contributed by atoms with Crippen LogP contribution in [0.15, 0.2) is 12.1 Å². The van der Waals surface area contributed by atoms with Crippen molar-refractivity contribution in [2.45, 2.75) is 0 Å². The van der Waals surface area contributed by atoms with E-state index in [4.69, 9.17) is 9.47 Å². The molecular formula is C7H8NO2Sn. The van der Waals surface area contributed by atoms with Gasteiger partial charge < -0.3 is 0 Å². The van der Waals surface area contributed by atoms with Crippen molar-refractivity contribution in [3.63, 3.8) is 0 Å². The van der Waals surface area contributed by atoms with Crippen molar-refractivity contribution in [3.05, 3.63) is 12.1 Å². The Morgan fingerprint density at radius 3 is 2.55 bits per heavy atom. The van der Waals surface area contributed by atoms with Crippen LogP contribution >= 0.6 is 0 Å². The molecule has 11 heavy (non-hydrogen) atoms. The number of rotatable bonds is 2. The molecule has 0 bridgehead atoms. The van der Waals surface area contributed by atoms with Gasteiger partial charge in [0, 0.05) is 0 Å². The molecule has 3 radical (unpaired) electrons. The summed E-state index contributed by atoms with van der Waals surface area (Å²) in [6, 6.07) is 3.77. The summed E-state index contributed by atoms with van der Waals surface area (Å²) in [5, 5.41) is 0. The third-order valence-electron chi connectivity index (χ3n) is 1.24. The maximum absolute atomic E-state index is 5.02. The molecule has 0 fully saturated rings. The maximum atomic E-state index is 5.02. The molecule has 0 spiro atoms. The van der Waals surface area contributed by atoms with Gasteiger partial charge in [-0.15, -0.1) is 0 Å². The zero-order valence-electron chi connectivity index (χ0n) is 6.42. The van der Waals surface area contributed by atoms with E-state index in [0.29, 0.717) is 11.8 Å². The van der Waals surface area contributed by atoms with Gasteiger partial charge in [0.15, 0.2) is 0 Å². The second kappa shape index (κ2) is 3.80. The first kappa shape index (κ1) is 8.64. The Balaban J connectivity index is 3.02. The second-order valence-corrected chi connectivity index (χ2v) is 3.45.